The molecule has 96 valence electrons. The summed E-state index contributed by atoms with van der Waals surface area (Å²) >= 11 is 1.56. The van der Waals surface area contributed by atoms with Gasteiger partial charge in [0, 0.05) is 23.2 Å². The number of aryl methyl sites for hydroxylation is 1. The molecule has 0 amide bonds. The summed E-state index contributed by atoms with van der Waals surface area (Å²) in [7, 11) is 0. The highest BCUT2D eigenvalue weighted by Crippen LogP contribution is 2.22. The molecule has 0 aliphatic rings. The van der Waals surface area contributed by atoms with Crippen LogP contribution in [0.2, 0.25) is 0 Å². The van der Waals surface area contributed by atoms with Crippen LogP contribution in [0.4, 0.5) is 11.4 Å². The Labute approximate surface area is 113 Å². The van der Waals surface area contributed by atoms with E-state index in [1.165, 1.54) is 12.1 Å². The van der Waals surface area contributed by atoms with Crippen LogP contribution in [0, 0.1) is 28.4 Å². The number of thiazole rings is 1. The van der Waals surface area contributed by atoms with E-state index in [0.29, 0.717) is 12.2 Å². The summed E-state index contributed by atoms with van der Waals surface area (Å²) in [6, 6.07) is 6.14. The third-order valence-electron chi connectivity index (χ3n) is 2.46. The number of non-ortho nitro benzene ring substituents is 1. The van der Waals surface area contributed by atoms with Crippen LogP contribution in [0.15, 0.2) is 24.4 Å². The van der Waals surface area contributed by atoms with Crippen molar-refractivity contribution in [2.45, 2.75) is 13.5 Å². The van der Waals surface area contributed by atoms with Gasteiger partial charge in [0.2, 0.25) is 0 Å². The number of rotatable bonds is 4. The molecular formula is C12H10N4O2S. The summed E-state index contributed by atoms with van der Waals surface area (Å²) in [6.45, 7) is 2.46. The molecule has 0 saturated carbocycles. The molecule has 0 unspecified atom stereocenters. The highest BCUT2D eigenvalue weighted by Gasteiger charge is 2.10. The van der Waals surface area contributed by atoms with Gasteiger partial charge in [-0.05, 0) is 13.0 Å². The lowest BCUT2D eigenvalue weighted by atomic mass is 10.1. The van der Waals surface area contributed by atoms with Crippen molar-refractivity contribution in [1.29, 1.82) is 5.26 Å². The Kier molecular flexibility index (Phi) is 3.73. The topological polar surface area (TPSA) is 91.8 Å². The van der Waals surface area contributed by atoms with Crippen LogP contribution in [-0.2, 0) is 6.54 Å². The van der Waals surface area contributed by atoms with Gasteiger partial charge < -0.3 is 5.32 Å². The van der Waals surface area contributed by atoms with Gasteiger partial charge >= 0.3 is 0 Å². The second-order valence-corrected chi connectivity index (χ2v) is 5.12. The molecule has 0 fully saturated rings. The van der Waals surface area contributed by atoms with E-state index in [0.717, 1.165) is 9.88 Å². The minimum atomic E-state index is -0.517. The van der Waals surface area contributed by atoms with E-state index in [-0.39, 0.29) is 11.3 Å². The molecule has 0 radical (unpaired) electrons. The first kappa shape index (κ1) is 13.0. The van der Waals surface area contributed by atoms with Crippen LogP contribution in [0.3, 0.4) is 0 Å². The van der Waals surface area contributed by atoms with E-state index in [1.54, 1.807) is 23.6 Å². The number of nitriles is 1. The van der Waals surface area contributed by atoms with Crippen molar-refractivity contribution in [3.05, 3.63) is 50.0 Å². The van der Waals surface area contributed by atoms with Crippen molar-refractivity contribution >= 4 is 22.7 Å². The number of nitro benzene ring substituents is 1. The smallest absolute Gasteiger partial charge is 0.270 e. The lowest BCUT2D eigenvalue weighted by molar-refractivity contribution is -0.384. The molecule has 0 bridgehead atoms. The minimum absolute atomic E-state index is 0.0873. The molecule has 0 atom stereocenters. The maximum Gasteiger partial charge on any atom is 0.270 e. The number of nitro groups is 1. The van der Waals surface area contributed by atoms with E-state index in [1.807, 2.05) is 13.0 Å². The molecule has 0 aliphatic carbocycles. The number of aromatic nitrogens is 1. The molecule has 1 N–H and O–H groups in total. The average Bonchev–Trinajstić information content (AvgIpc) is 2.81. The fraction of sp³-hybridized carbons (Fsp3) is 0.167. The lowest BCUT2D eigenvalue weighted by Crippen LogP contribution is -2.00. The molecule has 0 spiro atoms. The second kappa shape index (κ2) is 5.46. The standard InChI is InChI=1S/C12H10N4O2S/c1-8-14-6-11(19-8)7-15-12-3-2-10(16(17)18)4-9(12)5-13/h2-4,6,15H,7H2,1H3. The number of nitrogens with zero attached hydrogens (tertiary/aromatic N) is 3. The molecule has 0 saturated heterocycles. The monoisotopic (exact) mass is 274 g/mol. The van der Waals surface area contributed by atoms with Crippen molar-refractivity contribution in [3.63, 3.8) is 0 Å². The van der Waals surface area contributed by atoms with Gasteiger partial charge in [-0.1, -0.05) is 0 Å². The maximum atomic E-state index is 10.6. The van der Waals surface area contributed by atoms with Gasteiger partial charge in [0.05, 0.1) is 27.7 Å². The minimum Gasteiger partial charge on any atom is -0.379 e. The van der Waals surface area contributed by atoms with Crippen LogP contribution >= 0.6 is 11.3 Å². The fourth-order valence-corrected chi connectivity index (χ4v) is 2.30. The predicted molar refractivity (Wildman–Crippen MR) is 72.0 cm³/mol. The van der Waals surface area contributed by atoms with Gasteiger partial charge in [-0.25, -0.2) is 4.98 Å². The van der Waals surface area contributed by atoms with Crippen LogP contribution in [0.5, 0.6) is 0 Å². The first-order chi connectivity index (χ1) is 9.10. The van der Waals surface area contributed by atoms with Gasteiger partial charge in [-0.3, -0.25) is 10.1 Å². The van der Waals surface area contributed by atoms with Gasteiger partial charge in [0.25, 0.3) is 5.69 Å². The summed E-state index contributed by atoms with van der Waals surface area (Å²) < 4.78 is 0. The van der Waals surface area contributed by atoms with Crippen LogP contribution < -0.4 is 5.32 Å². The molecule has 0 aliphatic heterocycles. The van der Waals surface area contributed by atoms with Crippen molar-refractivity contribution in [3.8, 4) is 6.07 Å². The maximum absolute atomic E-state index is 10.6. The van der Waals surface area contributed by atoms with Crippen molar-refractivity contribution < 1.29 is 4.92 Å². The quantitative estimate of drug-likeness (QED) is 0.683. The van der Waals surface area contributed by atoms with Crippen LogP contribution in [0.25, 0.3) is 0 Å². The van der Waals surface area contributed by atoms with Gasteiger partial charge in [-0.2, -0.15) is 5.26 Å². The van der Waals surface area contributed by atoms with Gasteiger partial charge in [0.1, 0.15) is 6.07 Å². The molecule has 7 heteroatoms. The number of nitrogens with one attached hydrogen (secondary N) is 1. The highest BCUT2D eigenvalue weighted by molar-refractivity contribution is 7.11. The number of hydrogen-bond donors (Lipinski definition) is 1. The third-order valence-corrected chi connectivity index (χ3v) is 3.37. The predicted octanol–water partition coefficient (Wildman–Crippen LogP) is 2.84. The fourth-order valence-electron chi connectivity index (χ4n) is 1.56. The van der Waals surface area contributed by atoms with Gasteiger partial charge in [-0.15, -0.1) is 11.3 Å². The molecule has 6 nitrogen and oxygen atoms in total. The normalized spacial score (nSPS) is 9.89. The summed E-state index contributed by atoms with van der Waals surface area (Å²) in [4.78, 5) is 15.3. The van der Waals surface area contributed by atoms with E-state index in [2.05, 4.69) is 10.3 Å². The summed E-state index contributed by atoms with van der Waals surface area (Å²) in [5, 5.41) is 23.7. The number of hydrogen-bond acceptors (Lipinski definition) is 6. The molecular weight excluding hydrogens is 264 g/mol. The zero-order chi connectivity index (χ0) is 13.8. The Morgan fingerprint density at radius 1 is 1.58 bits per heavy atom. The zero-order valence-corrected chi connectivity index (χ0v) is 10.9. The van der Waals surface area contributed by atoms with Crippen molar-refractivity contribution in [2.75, 3.05) is 5.32 Å². The molecule has 1 aromatic heterocycles. The van der Waals surface area contributed by atoms with Crippen molar-refractivity contribution in [1.82, 2.24) is 4.98 Å². The molecule has 19 heavy (non-hydrogen) atoms. The molecule has 2 aromatic rings. The first-order valence-corrected chi connectivity index (χ1v) is 6.25. The van der Waals surface area contributed by atoms with Crippen molar-refractivity contribution in [2.24, 2.45) is 0 Å². The number of benzene rings is 1. The summed E-state index contributed by atoms with van der Waals surface area (Å²) in [5.74, 6) is 0. The first-order valence-electron chi connectivity index (χ1n) is 5.44. The SMILES string of the molecule is Cc1ncc(CNc2ccc([N+](=O)[O-])cc2C#N)s1. The van der Waals surface area contributed by atoms with E-state index in [9.17, 15) is 10.1 Å². The Bertz CT molecular complexity index is 660. The Hall–Kier alpha value is -2.46. The van der Waals surface area contributed by atoms with Crippen LogP contribution in [0.1, 0.15) is 15.4 Å². The number of anilines is 1. The second-order valence-electron chi connectivity index (χ2n) is 3.80. The zero-order valence-electron chi connectivity index (χ0n) is 10.1. The van der Waals surface area contributed by atoms with Gasteiger partial charge in [0.15, 0.2) is 0 Å². The molecule has 1 heterocycles. The van der Waals surface area contributed by atoms with E-state index in [4.69, 9.17) is 5.26 Å². The third kappa shape index (κ3) is 3.05. The summed E-state index contributed by atoms with van der Waals surface area (Å²) in [6.07, 6.45) is 1.77. The average molecular weight is 274 g/mol. The van der Waals surface area contributed by atoms with E-state index < -0.39 is 4.92 Å². The Morgan fingerprint density at radius 3 is 2.95 bits per heavy atom. The Balaban J connectivity index is 2.16. The molecule has 1 aromatic carbocycles. The molecule has 2 rings (SSSR count). The summed E-state index contributed by atoms with van der Waals surface area (Å²) in [5.41, 5.74) is 0.755. The highest BCUT2D eigenvalue weighted by atomic mass is 32.1. The van der Waals surface area contributed by atoms with Crippen LogP contribution in [-0.4, -0.2) is 9.91 Å². The largest absolute Gasteiger partial charge is 0.379 e. The van der Waals surface area contributed by atoms with E-state index >= 15 is 0 Å². The lowest BCUT2D eigenvalue weighted by Gasteiger charge is -2.06. The Morgan fingerprint density at radius 2 is 2.37 bits per heavy atom.